The highest BCUT2D eigenvalue weighted by Crippen LogP contribution is 2.27. The number of rotatable bonds is 6. The molecule has 0 aliphatic carbocycles. The summed E-state index contributed by atoms with van der Waals surface area (Å²) in [4.78, 5) is 10.5. The van der Waals surface area contributed by atoms with E-state index < -0.39 is 0 Å². The van der Waals surface area contributed by atoms with Crippen LogP contribution in [0.1, 0.15) is 26.3 Å². The molecule has 4 nitrogen and oxygen atoms in total. The van der Waals surface area contributed by atoms with Gasteiger partial charge in [0.25, 0.3) is 5.69 Å². The van der Waals surface area contributed by atoms with Crippen LogP contribution in [0.4, 0.5) is 5.69 Å². The van der Waals surface area contributed by atoms with E-state index in [1.54, 1.807) is 12.1 Å². The second-order valence-electron chi connectivity index (χ2n) is 4.62. The molecular weight excluding hydrogens is 308 g/mol. The number of likely N-dealkylation sites (N-methyl/N-ethyl adjacent to an activating group) is 1. The molecule has 0 saturated heterocycles. The zero-order chi connectivity index (χ0) is 14.4. The maximum absolute atomic E-state index is 10.9. The molecule has 0 amide bonds. The third kappa shape index (κ3) is 4.76. The van der Waals surface area contributed by atoms with Crippen molar-refractivity contribution in [3.63, 3.8) is 0 Å². The molecule has 0 aliphatic rings. The van der Waals surface area contributed by atoms with Gasteiger partial charge in [-0.25, -0.2) is 0 Å². The standard InChI is InChI=1S/C14H19BrN2O2/c1-4-16-9-12(10(2)3)7-11-5-6-13(15)14(8-11)17(18)19/h5-8,10,16H,4,9H2,1-3H3. The van der Waals surface area contributed by atoms with Gasteiger partial charge < -0.3 is 5.32 Å². The number of halogens is 1. The minimum absolute atomic E-state index is 0.0975. The van der Waals surface area contributed by atoms with Crippen LogP contribution in [0.2, 0.25) is 0 Å². The first kappa shape index (κ1) is 15.9. The summed E-state index contributed by atoms with van der Waals surface area (Å²) in [5, 5.41) is 14.2. The van der Waals surface area contributed by atoms with Crippen molar-refractivity contribution in [3.05, 3.63) is 43.9 Å². The van der Waals surface area contributed by atoms with Gasteiger partial charge in [0.2, 0.25) is 0 Å². The van der Waals surface area contributed by atoms with Crippen LogP contribution in [0.3, 0.4) is 0 Å². The molecule has 0 fully saturated rings. The minimum Gasteiger partial charge on any atom is -0.313 e. The fraction of sp³-hybridized carbons (Fsp3) is 0.429. The number of benzene rings is 1. The second kappa shape index (κ2) is 7.40. The SMILES string of the molecule is CCNCC(=Cc1ccc(Br)c([N+](=O)[O-])c1)C(C)C. The lowest BCUT2D eigenvalue weighted by Gasteiger charge is -2.12. The monoisotopic (exact) mass is 326 g/mol. The maximum Gasteiger partial charge on any atom is 0.284 e. The predicted molar refractivity (Wildman–Crippen MR) is 82.2 cm³/mol. The Labute approximate surface area is 122 Å². The van der Waals surface area contributed by atoms with Gasteiger partial charge in [0.05, 0.1) is 9.40 Å². The van der Waals surface area contributed by atoms with E-state index in [4.69, 9.17) is 0 Å². The van der Waals surface area contributed by atoms with Crippen LogP contribution in [-0.4, -0.2) is 18.0 Å². The third-order valence-corrected chi connectivity index (χ3v) is 3.51. The molecule has 1 aromatic rings. The van der Waals surface area contributed by atoms with E-state index in [9.17, 15) is 10.1 Å². The van der Waals surface area contributed by atoms with E-state index in [0.29, 0.717) is 10.4 Å². The molecule has 0 aliphatic heterocycles. The van der Waals surface area contributed by atoms with Crippen LogP contribution in [0.5, 0.6) is 0 Å². The summed E-state index contributed by atoms with van der Waals surface area (Å²) in [7, 11) is 0. The molecule has 0 aromatic heterocycles. The molecule has 5 heteroatoms. The molecule has 1 aromatic carbocycles. The first-order chi connectivity index (χ1) is 8.95. The van der Waals surface area contributed by atoms with Crippen LogP contribution in [0.25, 0.3) is 6.08 Å². The summed E-state index contributed by atoms with van der Waals surface area (Å²) in [6.45, 7) is 8.01. The van der Waals surface area contributed by atoms with E-state index in [-0.39, 0.29) is 10.6 Å². The van der Waals surface area contributed by atoms with Gasteiger partial charge in [-0.3, -0.25) is 10.1 Å². The molecule has 0 saturated carbocycles. The Morgan fingerprint density at radius 3 is 2.74 bits per heavy atom. The molecule has 1 rings (SSSR count). The smallest absolute Gasteiger partial charge is 0.284 e. The Kier molecular flexibility index (Phi) is 6.18. The van der Waals surface area contributed by atoms with Crippen molar-refractivity contribution in [2.24, 2.45) is 5.92 Å². The van der Waals surface area contributed by atoms with Crippen LogP contribution in [-0.2, 0) is 0 Å². The van der Waals surface area contributed by atoms with E-state index in [0.717, 1.165) is 18.7 Å². The fourth-order valence-electron chi connectivity index (χ4n) is 1.66. The van der Waals surface area contributed by atoms with E-state index in [1.165, 1.54) is 5.57 Å². The Morgan fingerprint density at radius 1 is 1.53 bits per heavy atom. The van der Waals surface area contributed by atoms with Gasteiger partial charge in [0, 0.05) is 12.6 Å². The van der Waals surface area contributed by atoms with Crippen LogP contribution >= 0.6 is 15.9 Å². The van der Waals surface area contributed by atoms with Crippen molar-refractivity contribution >= 4 is 27.7 Å². The third-order valence-electron chi connectivity index (χ3n) is 2.84. The van der Waals surface area contributed by atoms with Gasteiger partial charge in [-0.2, -0.15) is 0 Å². The van der Waals surface area contributed by atoms with Gasteiger partial charge in [0.1, 0.15) is 0 Å². The molecular formula is C14H19BrN2O2. The van der Waals surface area contributed by atoms with Crippen LogP contribution in [0.15, 0.2) is 28.2 Å². The normalized spacial score (nSPS) is 11.9. The van der Waals surface area contributed by atoms with Crippen molar-refractivity contribution in [2.75, 3.05) is 13.1 Å². The zero-order valence-corrected chi connectivity index (χ0v) is 13.0. The number of hydrogen-bond donors (Lipinski definition) is 1. The molecule has 0 heterocycles. The highest BCUT2D eigenvalue weighted by atomic mass is 79.9. The highest BCUT2D eigenvalue weighted by molar-refractivity contribution is 9.10. The number of nitrogens with one attached hydrogen (secondary N) is 1. The number of nitro groups is 1. The van der Waals surface area contributed by atoms with Crippen molar-refractivity contribution in [1.29, 1.82) is 0 Å². The highest BCUT2D eigenvalue weighted by Gasteiger charge is 2.12. The van der Waals surface area contributed by atoms with Crippen molar-refractivity contribution in [3.8, 4) is 0 Å². The Hall–Kier alpha value is -1.20. The maximum atomic E-state index is 10.9. The zero-order valence-electron chi connectivity index (χ0n) is 11.4. The molecule has 0 atom stereocenters. The molecule has 0 radical (unpaired) electrons. The Morgan fingerprint density at radius 2 is 2.21 bits per heavy atom. The van der Waals surface area contributed by atoms with Gasteiger partial charge in [-0.05, 0) is 40.0 Å². The number of nitro benzene ring substituents is 1. The van der Waals surface area contributed by atoms with Crippen molar-refractivity contribution in [2.45, 2.75) is 20.8 Å². The number of nitrogens with zero attached hydrogens (tertiary/aromatic N) is 1. The molecule has 1 N–H and O–H groups in total. The first-order valence-electron chi connectivity index (χ1n) is 6.30. The summed E-state index contributed by atoms with van der Waals surface area (Å²) in [5.74, 6) is 0.404. The Balaban J connectivity index is 3.07. The average molecular weight is 327 g/mol. The van der Waals surface area contributed by atoms with E-state index >= 15 is 0 Å². The van der Waals surface area contributed by atoms with Gasteiger partial charge in [-0.1, -0.05) is 38.5 Å². The summed E-state index contributed by atoms with van der Waals surface area (Å²) in [6.07, 6.45) is 2.02. The largest absolute Gasteiger partial charge is 0.313 e. The van der Waals surface area contributed by atoms with Crippen molar-refractivity contribution < 1.29 is 4.92 Å². The molecule has 0 spiro atoms. The van der Waals surface area contributed by atoms with Crippen LogP contribution < -0.4 is 5.32 Å². The minimum atomic E-state index is -0.374. The average Bonchev–Trinajstić information content (AvgIpc) is 2.35. The van der Waals surface area contributed by atoms with E-state index in [2.05, 4.69) is 42.0 Å². The van der Waals surface area contributed by atoms with E-state index in [1.807, 2.05) is 12.1 Å². The Bertz CT molecular complexity index is 484. The van der Waals surface area contributed by atoms with Gasteiger partial charge in [0.15, 0.2) is 0 Å². The summed E-state index contributed by atoms with van der Waals surface area (Å²) < 4.78 is 0.507. The molecule has 19 heavy (non-hydrogen) atoms. The van der Waals surface area contributed by atoms with Gasteiger partial charge in [-0.15, -0.1) is 0 Å². The lowest BCUT2D eigenvalue weighted by molar-refractivity contribution is -0.385. The van der Waals surface area contributed by atoms with Crippen molar-refractivity contribution in [1.82, 2.24) is 5.32 Å². The van der Waals surface area contributed by atoms with Gasteiger partial charge >= 0.3 is 0 Å². The topological polar surface area (TPSA) is 55.2 Å². The molecule has 0 bridgehead atoms. The lowest BCUT2D eigenvalue weighted by atomic mass is 10.00. The second-order valence-corrected chi connectivity index (χ2v) is 5.48. The first-order valence-corrected chi connectivity index (χ1v) is 7.10. The molecule has 104 valence electrons. The fourth-order valence-corrected chi connectivity index (χ4v) is 2.06. The summed E-state index contributed by atoms with van der Waals surface area (Å²) in [6, 6.07) is 5.19. The quantitative estimate of drug-likeness (QED) is 0.634. The molecule has 0 unspecified atom stereocenters. The number of hydrogen-bond acceptors (Lipinski definition) is 3. The summed E-state index contributed by atoms with van der Waals surface area (Å²) >= 11 is 3.19. The summed E-state index contributed by atoms with van der Waals surface area (Å²) in [5.41, 5.74) is 2.19. The lowest BCUT2D eigenvalue weighted by Crippen LogP contribution is -2.18. The van der Waals surface area contributed by atoms with Crippen LogP contribution in [0, 0.1) is 16.0 Å². The predicted octanol–water partition coefficient (Wildman–Crippen LogP) is 4.01.